The van der Waals surface area contributed by atoms with Crippen LogP contribution >= 0.6 is 0 Å². The largest absolute Gasteiger partial charge is 0.373 e. The fraction of sp³-hybridized carbons (Fsp3) is 0.261. The summed E-state index contributed by atoms with van der Waals surface area (Å²) in [6.45, 7) is 10.0. The summed E-state index contributed by atoms with van der Waals surface area (Å²) in [6.07, 6.45) is 7.21. The predicted octanol–water partition coefficient (Wildman–Crippen LogP) is 5.91. The monoisotopic (exact) mass is 360 g/mol. The van der Waals surface area contributed by atoms with E-state index in [0.29, 0.717) is 5.56 Å². The van der Waals surface area contributed by atoms with E-state index in [-0.39, 0.29) is 6.04 Å². The van der Waals surface area contributed by atoms with E-state index in [1.165, 1.54) is 0 Å². The minimum atomic E-state index is -0.0562. The molecule has 1 aromatic carbocycles. The van der Waals surface area contributed by atoms with Gasteiger partial charge in [0.25, 0.3) is 0 Å². The number of pyridine rings is 2. The second-order valence-corrected chi connectivity index (χ2v) is 5.29. The molecule has 27 heavy (non-hydrogen) atoms. The van der Waals surface area contributed by atoms with E-state index in [1.54, 1.807) is 12.4 Å². The van der Waals surface area contributed by atoms with Gasteiger partial charge in [0.2, 0.25) is 0 Å². The van der Waals surface area contributed by atoms with Crippen molar-refractivity contribution in [3.63, 3.8) is 0 Å². The summed E-state index contributed by atoms with van der Waals surface area (Å²) in [5, 5.41) is 12.5. The molecule has 0 bridgehead atoms. The van der Waals surface area contributed by atoms with Gasteiger partial charge in [0.1, 0.15) is 0 Å². The molecule has 140 valence electrons. The first-order chi connectivity index (χ1) is 13.3. The van der Waals surface area contributed by atoms with E-state index in [1.807, 2.05) is 89.5 Å². The summed E-state index contributed by atoms with van der Waals surface area (Å²) in [7, 11) is 0. The van der Waals surface area contributed by atoms with Crippen LogP contribution in [0.25, 0.3) is 0 Å². The summed E-state index contributed by atoms with van der Waals surface area (Å²) in [5.74, 6) is 0. The lowest BCUT2D eigenvalue weighted by Gasteiger charge is -2.21. The van der Waals surface area contributed by atoms with Gasteiger partial charge < -0.3 is 5.32 Å². The normalized spacial score (nSPS) is 10.2. The summed E-state index contributed by atoms with van der Waals surface area (Å²) in [4.78, 5) is 8.41. The third-order valence-corrected chi connectivity index (χ3v) is 3.73. The molecular formula is C23H28N4. The minimum absolute atomic E-state index is 0.0562. The van der Waals surface area contributed by atoms with E-state index >= 15 is 0 Å². The van der Waals surface area contributed by atoms with E-state index < -0.39 is 0 Å². The third kappa shape index (κ3) is 6.23. The van der Waals surface area contributed by atoms with Crippen LogP contribution in [0.15, 0.2) is 67.3 Å². The van der Waals surface area contributed by atoms with Crippen LogP contribution in [0.2, 0.25) is 0 Å². The van der Waals surface area contributed by atoms with Crippen molar-refractivity contribution in [2.75, 3.05) is 5.32 Å². The fourth-order valence-electron chi connectivity index (χ4n) is 2.43. The van der Waals surface area contributed by atoms with Crippen LogP contribution < -0.4 is 5.32 Å². The number of aryl methyl sites for hydroxylation is 1. The van der Waals surface area contributed by atoms with Gasteiger partial charge in [-0.2, -0.15) is 5.26 Å². The maximum Gasteiger partial charge on any atom is 0.0991 e. The van der Waals surface area contributed by atoms with E-state index in [9.17, 15) is 0 Å². The van der Waals surface area contributed by atoms with Crippen molar-refractivity contribution in [2.45, 2.75) is 40.7 Å². The molecule has 0 aliphatic heterocycles. The van der Waals surface area contributed by atoms with Crippen molar-refractivity contribution < 1.29 is 0 Å². The Morgan fingerprint density at radius 3 is 2.07 bits per heavy atom. The summed E-state index contributed by atoms with van der Waals surface area (Å²) in [6, 6.07) is 15.6. The Morgan fingerprint density at radius 1 is 0.852 bits per heavy atom. The molecule has 0 saturated carbocycles. The van der Waals surface area contributed by atoms with Gasteiger partial charge in [-0.3, -0.25) is 9.97 Å². The Labute approximate surface area is 162 Å². The highest BCUT2D eigenvalue weighted by Gasteiger charge is 2.15. The predicted molar refractivity (Wildman–Crippen MR) is 113 cm³/mol. The fourth-order valence-corrected chi connectivity index (χ4v) is 2.43. The molecule has 1 unspecified atom stereocenters. The van der Waals surface area contributed by atoms with Crippen molar-refractivity contribution >= 4 is 5.69 Å². The SMILES string of the molecule is CC.CC.Cc1ccncc1NC(c1ccc(C#N)cc1)c1cccnc1. The zero-order valence-corrected chi connectivity index (χ0v) is 16.8. The average molecular weight is 361 g/mol. The Balaban J connectivity index is 0.000000855. The molecule has 0 aliphatic rings. The summed E-state index contributed by atoms with van der Waals surface area (Å²) >= 11 is 0. The second kappa shape index (κ2) is 12.2. The van der Waals surface area contributed by atoms with Crippen LogP contribution in [-0.4, -0.2) is 9.97 Å². The summed E-state index contributed by atoms with van der Waals surface area (Å²) < 4.78 is 0. The number of anilines is 1. The van der Waals surface area contributed by atoms with Crippen molar-refractivity contribution in [3.8, 4) is 6.07 Å². The van der Waals surface area contributed by atoms with Gasteiger partial charge in [0, 0.05) is 18.6 Å². The first kappa shape index (κ1) is 21.9. The Morgan fingerprint density at radius 2 is 1.52 bits per heavy atom. The number of hydrogen-bond acceptors (Lipinski definition) is 4. The van der Waals surface area contributed by atoms with Crippen LogP contribution in [0, 0.1) is 18.3 Å². The molecule has 1 atom stereocenters. The van der Waals surface area contributed by atoms with Gasteiger partial charge in [-0.25, -0.2) is 0 Å². The number of nitrogens with one attached hydrogen (secondary N) is 1. The molecule has 0 aliphatic carbocycles. The summed E-state index contributed by atoms with van der Waals surface area (Å²) in [5.41, 5.74) is 4.88. The number of nitrogens with zero attached hydrogens (tertiary/aromatic N) is 3. The number of nitriles is 1. The zero-order chi connectivity index (χ0) is 20.1. The molecular weight excluding hydrogens is 332 g/mol. The maximum atomic E-state index is 8.97. The van der Waals surface area contributed by atoms with Gasteiger partial charge in [-0.1, -0.05) is 45.9 Å². The molecule has 2 heterocycles. The molecule has 0 saturated heterocycles. The standard InChI is InChI=1S/C19H16N4.2C2H6/c1-14-8-10-22-13-18(14)23-19(17-3-2-9-21-12-17)16-6-4-15(11-20)5-7-16;2*1-2/h2-10,12-13,19,23H,1H3;2*1-2H3. The molecule has 0 amide bonds. The maximum absolute atomic E-state index is 8.97. The Kier molecular flexibility index (Phi) is 9.88. The molecule has 4 heteroatoms. The third-order valence-electron chi connectivity index (χ3n) is 3.73. The van der Waals surface area contributed by atoms with Gasteiger partial charge in [-0.05, 0) is 47.9 Å². The van der Waals surface area contributed by atoms with Crippen molar-refractivity contribution in [3.05, 3.63) is 89.5 Å². The van der Waals surface area contributed by atoms with Gasteiger partial charge >= 0.3 is 0 Å². The second-order valence-electron chi connectivity index (χ2n) is 5.29. The van der Waals surface area contributed by atoms with Crippen LogP contribution in [0.1, 0.15) is 56.0 Å². The smallest absolute Gasteiger partial charge is 0.0991 e. The molecule has 3 rings (SSSR count). The average Bonchev–Trinajstić information content (AvgIpc) is 2.77. The van der Waals surface area contributed by atoms with Crippen LogP contribution in [0.4, 0.5) is 5.69 Å². The lowest BCUT2D eigenvalue weighted by molar-refractivity contribution is 0.922. The Hall–Kier alpha value is -3.19. The molecule has 0 fully saturated rings. The lowest BCUT2D eigenvalue weighted by Crippen LogP contribution is -2.13. The molecule has 3 aromatic rings. The van der Waals surface area contributed by atoms with E-state index in [0.717, 1.165) is 22.4 Å². The number of benzene rings is 1. The molecule has 0 spiro atoms. The van der Waals surface area contributed by atoms with Crippen LogP contribution in [0.3, 0.4) is 0 Å². The highest BCUT2D eigenvalue weighted by molar-refractivity contribution is 5.52. The minimum Gasteiger partial charge on any atom is -0.373 e. The highest BCUT2D eigenvalue weighted by atomic mass is 14.9. The first-order valence-corrected chi connectivity index (χ1v) is 9.35. The molecule has 4 nitrogen and oxygen atoms in total. The van der Waals surface area contributed by atoms with Gasteiger partial charge in [0.15, 0.2) is 0 Å². The van der Waals surface area contributed by atoms with Gasteiger partial charge in [-0.15, -0.1) is 0 Å². The topological polar surface area (TPSA) is 61.6 Å². The van der Waals surface area contributed by atoms with Crippen molar-refractivity contribution in [2.24, 2.45) is 0 Å². The quantitative estimate of drug-likeness (QED) is 0.628. The molecule has 0 radical (unpaired) electrons. The van der Waals surface area contributed by atoms with Crippen molar-refractivity contribution in [1.29, 1.82) is 5.26 Å². The first-order valence-electron chi connectivity index (χ1n) is 9.35. The van der Waals surface area contributed by atoms with Crippen LogP contribution in [-0.2, 0) is 0 Å². The number of aromatic nitrogens is 2. The number of hydrogen-bond donors (Lipinski definition) is 1. The lowest BCUT2D eigenvalue weighted by atomic mass is 9.98. The van der Waals surface area contributed by atoms with Gasteiger partial charge in [0.05, 0.1) is 29.6 Å². The Bertz CT molecular complexity index is 821. The molecule has 2 aromatic heterocycles. The zero-order valence-electron chi connectivity index (χ0n) is 16.8. The van der Waals surface area contributed by atoms with E-state index in [2.05, 4.69) is 21.4 Å². The van der Waals surface area contributed by atoms with Crippen molar-refractivity contribution in [1.82, 2.24) is 9.97 Å². The van der Waals surface area contributed by atoms with E-state index in [4.69, 9.17) is 5.26 Å². The number of rotatable bonds is 4. The molecule has 1 N–H and O–H groups in total. The van der Waals surface area contributed by atoms with Crippen LogP contribution in [0.5, 0.6) is 0 Å². The highest BCUT2D eigenvalue weighted by Crippen LogP contribution is 2.27.